The Morgan fingerprint density at radius 3 is 2.06 bits per heavy atom. The molecule has 0 aliphatic carbocycles. The zero-order valence-electron chi connectivity index (χ0n) is 19.3. The second-order valence-electron chi connectivity index (χ2n) is 9.26. The van der Waals surface area contributed by atoms with E-state index in [4.69, 9.17) is 9.57 Å². The van der Waals surface area contributed by atoms with Crippen LogP contribution in [0.4, 0.5) is 0 Å². The summed E-state index contributed by atoms with van der Waals surface area (Å²) < 4.78 is 5.43. The fourth-order valence-corrected chi connectivity index (χ4v) is 3.53. The van der Waals surface area contributed by atoms with Crippen LogP contribution in [0.5, 0.6) is 0 Å². The zero-order valence-corrected chi connectivity index (χ0v) is 19.3. The van der Waals surface area contributed by atoms with E-state index in [2.05, 4.69) is 74.5 Å². The van der Waals surface area contributed by atoms with Crippen LogP contribution in [-0.4, -0.2) is 17.8 Å². The van der Waals surface area contributed by atoms with Crippen LogP contribution in [0.25, 0.3) is 23.3 Å². The topological polar surface area (TPSA) is 47.9 Å². The van der Waals surface area contributed by atoms with Gasteiger partial charge in [-0.2, -0.15) is 0 Å². The van der Waals surface area contributed by atoms with Crippen LogP contribution in [0, 0.1) is 5.41 Å². The van der Waals surface area contributed by atoms with E-state index in [0.29, 0.717) is 6.42 Å². The summed E-state index contributed by atoms with van der Waals surface area (Å²) >= 11 is 0. The number of oxime groups is 1. The summed E-state index contributed by atoms with van der Waals surface area (Å²) in [5, 5.41) is 4.05. The number of rotatable bonds is 6. The Kier molecular flexibility index (Phi) is 6.74. The molecule has 0 fully saturated rings. The van der Waals surface area contributed by atoms with Crippen molar-refractivity contribution in [3.05, 3.63) is 95.6 Å². The molecule has 1 atom stereocenters. The molecule has 0 bridgehead atoms. The third kappa shape index (κ3) is 5.98. The van der Waals surface area contributed by atoms with Gasteiger partial charge in [0, 0.05) is 11.8 Å². The summed E-state index contributed by atoms with van der Waals surface area (Å²) in [6.07, 6.45) is 4.01. The highest BCUT2D eigenvalue weighted by Gasteiger charge is 2.34. The predicted octanol–water partition coefficient (Wildman–Crippen LogP) is 6.76. The first kappa shape index (κ1) is 22.5. The highest BCUT2D eigenvalue weighted by Crippen LogP contribution is 2.26. The minimum atomic E-state index is -0.644. The van der Waals surface area contributed by atoms with Gasteiger partial charge in [-0.25, -0.2) is 4.79 Å². The van der Waals surface area contributed by atoms with Crippen molar-refractivity contribution >= 4 is 23.8 Å². The lowest BCUT2D eigenvalue weighted by atomic mass is 9.87. The molecule has 168 valence electrons. The Hall–Kier alpha value is -3.66. The number of hydrogen-bond acceptors (Lipinski definition) is 4. The van der Waals surface area contributed by atoms with E-state index < -0.39 is 6.10 Å². The Morgan fingerprint density at radius 1 is 0.909 bits per heavy atom. The molecule has 0 saturated heterocycles. The molecule has 3 aromatic rings. The number of benzene rings is 3. The minimum absolute atomic E-state index is 0.109. The van der Waals surface area contributed by atoms with Crippen molar-refractivity contribution in [2.24, 2.45) is 10.6 Å². The molecular formula is C29H29NO3. The molecule has 1 unspecified atom stereocenters. The Morgan fingerprint density at radius 2 is 1.48 bits per heavy atom. The van der Waals surface area contributed by atoms with E-state index >= 15 is 0 Å². The third-order valence-electron chi connectivity index (χ3n) is 5.64. The van der Waals surface area contributed by atoms with Crippen LogP contribution >= 0.6 is 0 Å². The van der Waals surface area contributed by atoms with Gasteiger partial charge in [0.2, 0.25) is 6.10 Å². The van der Waals surface area contributed by atoms with Gasteiger partial charge in [0.25, 0.3) is 0 Å². The molecule has 1 aliphatic heterocycles. The van der Waals surface area contributed by atoms with Crippen LogP contribution in [0.15, 0.2) is 84.0 Å². The number of nitrogens with zero attached hydrogens (tertiary/aromatic N) is 1. The van der Waals surface area contributed by atoms with Crippen LogP contribution in [0.1, 0.15) is 43.9 Å². The van der Waals surface area contributed by atoms with Crippen molar-refractivity contribution < 1.29 is 14.4 Å². The van der Waals surface area contributed by atoms with Gasteiger partial charge < -0.3 is 9.57 Å². The molecule has 4 heteroatoms. The van der Waals surface area contributed by atoms with E-state index in [0.717, 1.165) is 22.4 Å². The number of esters is 1. The van der Waals surface area contributed by atoms with Crippen molar-refractivity contribution in [2.75, 3.05) is 0 Å². The molecule has 1 heterocycles. The van der Waals surface area contributed by atoms with Gasteiger partial charge in [0.1, 0.15) is 6.61 Å². The van der Waals surface area contributed by atoms with Gasteiger partial charge in [-0.15, -0.1) is 0 Å². The first-order chi connectivity index (χ1) is 15.9. The average molecular weight is 440 g/mol. The Bertz CT molecular complexity index is 1140. The van der Waals surface area contributed by atoms with E-state index in [1.807, 2.05) is 42.5 Å². The second kappa shape index (κ2) is 9.86. The van der Waals surface area contributed by atoms with Crippen molar-refractivity contribution in [1.29, 1.82) is 0 Å². The predicted molar refractivity (Wildman–Crippen MR) is 133 cm³/mol. The normalized spacial score (nSPS) is 15.8. The molecule has 4 nitrogen and oxygen atoms in total. The third-order valence-corrected chi connectivity index (χ3v) is 5.64. The first-order valence-corrected chi connectivity index (χ1v) is 11.2. The lowest BCUT2D eigenvalue weighted by Crippen LogP contribution is -2.26. The number of carbonyl (C=O) groups excluding carboxylic acids is 1. The zero-order chi connectivity index (χ0) is 23.3. The van der Waals surface area contributed by atoms with Gasteiger partial charge in [0.15, 0.2) is 0 Å². The SMILES string of the molecule is CC(C)(C)C1=NOC(C(=O)OCc2ccc(/C=C\c3ccc(-c4ccccc4)cc3)cc2)C1. The molecule has 1 aliphatic rings. The van der Waals surface area contributed by atoms with Gasteiger partial charge >= 0.3 is 5.97 Å². The van der Waals surface area contributed by atoms with Crippen LogP contribution in [-0.2, 0) is 21.0 Å². The minimum Gasteiger partial charge on any atom is -0.458 e. The van der Waals surface area contributed by atoms with Gasteiger partial charge in [-0.3, -0.25) is 0 Å². The van der Waals surface area contributed by atoms with Crippen LogP contribution in [0.3, 0.4) is 0 Å². The van der Waals surface area contributed by atoms with E-state index in [1.165, 1.54) is 11.1 Å². The molecule has 0 amide bonds. The summed E-state index contributed by atoms with van der Waals surface area (Å²) in [4.78, 5) is 17.6. The van der Waals surface area contributed by atoms with Crippen LogP contribution < -0.4 is 0 Å². The highest BCUT2D eigenvalue weighted by atomic mass is 16.7. The number of ether oxygens (including phenoxy) is 1. The standard InChI is InChI=1S/C29H29NO3/c1-29(2,3)27-19-26(33-30-27)28(31)32-20-23-13-11-21(12-14-23)9-10-22-15-17-25(18-16-22)24-7-5-4-6-8-24/h4-18,26H,19-20H2,1-3H3/b10-9-. The quantitative estimate of drug-likeness (QED) is 0.315. The summed E-state index contributed by atoms with van der Waals surface area (Å²) in [6.45, 7) is 6.38. The van der Waals surface area contributed by atoms with Crippen LogP contribution in [0.2, 0.25) is 0 Å². The van der Waals surface area contributed by atoms with E-state index in [9.17, 15) is 4.79 Å². The van der Waals surface area contributed by atoms with Crippen molar-refractivity contribution in [1.82, 2.24) is 0 Å². The van der Waals surface area contributed by atoms with Gasteiger partial charge in [-0.05, 0) is 27.8 Å². The molecule has 33 heavy (non-hydrogen) atoms. The molecule has 0 saturated carbocycles. The maximum atomic E-state index is 12.3. The maximum absolute atomic E-state index is 12.3. The maximum Gasteiger partial charge on any atom is 0.350 e. The summed E-state index contributed by atoms with van der Waals surface area (Å²) in [6, 6.07) is 26.8. The van der Waals surface area contributed by atoms with Gasteiger partial charge in [0.05, 0.1) is 5.71 Å². The van der Waals surface area contributed by atoms with Gasteiger partial charge in [-0.1, -0.05) is 117 Å². The first-order valence-electron chi connectivity index (χ1n) is 11.2. The molecule has 0 aromatic heterocycles. The molecule has 0 radical (unpaired) electrons. The lowest BCUT2D eigenvalue weighted by Gasteiger charge is -2.16. The second-order valence-corrected chi connectivity index (χ2v) is 9.26. The van der Waals surface area contributed by atoms with Crippen molar-refractivity contribution in [3.8, 4) is 11.1 Å². The Balaban J connectivity index is 1.28. The largest absolute Gasteiger partial charge is 0.458 e. The monoisotopic (exact) mass is 439 g/mol. The van der Waals surface area contributed by atoms with Crippen molar-refractivity contribution in [2.45, 2.75) is 39.9 Å². The summed E-state index contributed by atoms with van der Waals surface area (Å²) in [5.41, 5.74) is 6.35. The lowest BCUT2D eigenvalue weighted by molar-refractivity contribution is -0.156. The summed E-state index contributed by atoms with van der Waals surface area (Å²) in [7, 11) is 0. The molecule has 0 N–H and O–H groups in total. The number of carbonyl (C=O) groups is 1. The fourth-order valence-electron chi connectivity index (χ4n) is 3.53. The number of hydrogen-bond donors (Lipinski definition) is 0. The Labute approximate surface area is 195 Å². The summed E-state index contributed by atoms with van der Waals surface area (Å²) in [5.74, 6) is -0.374. The van der Waals surface area contributed by atoms with E-state index in [-0.39, 0.29) is 18.0 Å². The highest BCUT2D eigenvalue weighted by molar-refractivity contribution is 5.94. The molecule has 4 rings (SSSR count). The van der Waals surface area contributed by atoms with Crippen molar-refractivity contribution in [3.63, 3.8) is 0 Å². The molecule has 0 spiro atoms. The average Bonchev–Trinajstić information content (AvgIpc) is 3.34. The molecule has 3 aromatic carbocycles. The fraction of sp³-hybridized carbons (Fsp3) is 0.241. The van der Waals surface area contributed by atoms with E-state index in [1.54, 1.807) is 0 Å². The molecular weight excluding hydrogens is 410 g/mol. The smallest absolute Gasteiger partial charge is 0.350 e.